The Hall–Kier alpha value is -2.37. The number of hydrogen-bond donors (Lipinski definition) is 1. The second kappa shape index (κ2) is 9.22. The van der Waals surface area contributed by atoms with Gasteiger partial charge in [-0.05, 0) is 43.5 Å². The zero-order chi connectivity index (χ0) is 18.6. The number of nitrogens with zero attached hydrogens (tertiary/aromatic N) is 3. The molecule has 1 aliphatic rings. The van der Waals surface area contributed by atoms with Crippen LogP contribution in [-0.4, -0.2) is 40.2 Å². The third kappa shape index (κ3) is 4.54. The number of para-hydroxylation sites is 1. The van der Waals surface area contributed by atoms with E-state index < -0.39 is 0 Å². The van der Waals surface area contributed by atoms with E-state index in [2.05, 4.69) is 45.6 Å². The minimum atomic E-state index is -0.0708. The summed E-state index contributed by atoms with van der Waals surface area (Å²) in [7, 11) is 1.88. The highest BCUT2D eigenvalue weighted by Gasteiger charge is 2.21. The van der Waals surface area contributed by atoms with Crippen molar-refractivity contribution in [3.63, 3.8) is 0 Å². The first-order valence-corrected chi connectivity index (χ1v) is 9.67. The summed E-state index contributed by atoms with van der Waals surface area (Å²) in [6, 6.07) is 18.5. The van der Waals surface area contributed by atoms with Gasteiger partial charge in [-0.2, -0.15) is 5.10 Å². The Kier molecular flexibility index (Phi) is 6.70. The first kappa shape index (κ1) is 20.4. The van der Waals surface area contributed by atoms with E-state index in [0.29, 0.717) is 11.6 Å². The van der Waals surface area contributed by atoms with Crippen LogP contribution in [0.25, 0.3) is 10.9 Å². The molecule has 1 N–H and O–H groups in total. The standard InChI is InChI=1S/C22H26N4O.ClH/c1-25-20-10-6-5-9-19(20)21(24-25)22(27)23-15-17-11-13-26(14-12-17)16-18-7-3-2-4-8-18;/h2-10,17H,11-16H2,1H3,(H,23,27);1H. The molecular weight excluding hydrogens is 372 g/mol. The molecule has 2 aromatic carbocycles. The summed E-state index contributed by atoms with van der Waals surface area (Å²) in [6.07, 6.45) is 2.24. The van der Waals surface area contributed by atoms with Gasteiger partial charge in [0.1, 0.15) is 0 Å². The monoisotopic (exact) mass is 398 g/mol. The lowest BCUT2D eigenvalue weighted by Crippen LogP contribution is -2.38. The number of halogens is 1. The molecule has 4 rings (SSSR count). The van der Waals surface area contributed by atoms with Crippen LogP contribution in [0.5, 0.6) is 0 Å². The highest BCUT2D eigenvalue weighted by molar-refractivity contribution is 6.04. The lowest BCUT2D eigenvalue weighted by atomic mass is 9.96. The zero-order valence-electron chi connectivity index (χ0n) is 16.2. The highest BCUT2D eigenvalue weighted by Crippen LogP contribution is 2.20. The van der Waals surface area contributed by atoms with Crippen LogP contribution in [0.1, 0.15) is 28.9 Å². The number of rotatable bonds is 5. The van der Waals surface area contributed by atoms with Gasteiger partial charge in [0.2, 0.25) is 0 Å². The summed E-state index contributed by atoms with van der Waals surface area (Å²) < 4.78 is 1.77. The van der Waals surface area contributed by atoms with Crippen molar-refractivity contribution in [2.45, 2.75) is 19.4 Å². The maximum atomic E-state index is 12.6. The number of fused-ring (bicyclic) bond motifs is 1. The molecule has 3 aromatic rings. The van der Waals surface area contributed by atoms with Gasteiger partial charge in [0, 0.05) is 25.5 Å². The van der Waals surface area contributed by atoms with Crippen molar-refractivity contribution < 1.29 is 4.79 Å². The summed E-state index contributed by atoms with van der Waals surface area (Å²) >= 11 is 0. The minimum Gasteiger partial charge on any atom is -0.350 e. The topological polar surface area (TPSA) is 50.2 Å². The van der Waals surface area contributed by atoms with Crippen LogP contribution in [0.2, 0.25) is 0 Å². The van der Waals surface area contributed by atoms with Crippen LogP contribution in [0.3, 0.4) is 0 Å². The average molecular weight is 399 g/mol. The maximum Gasteiger partial charge on any atom is 0.272 e. The predicted octanol–water partition coefficient (Wildman–Crippen LogP) is 3.64. The molecule has 1 saturated heterocycles. The van der Waals surface area contributed by atoms with E-state index in [0.717, 1.165) is 49.9 Å². The van der Waals surface area contributed by atoms with Crippen molar-refractivity contribution in [2.75, 3.05) is 19.6 Å². The SMILES string of the molecule is Cl.Cn1nc(C(=O)NCC2CCN(Cc3ccccc3)CC2)c2ccccc21. The van der Waals surface area contributed by atoms with Gasteiger partial charge in [-0.15, -0.1) is 12.4 Å². The molecule has 1 aliphatic heterocycles. The molecule has 148 valence electrons. The van der Waals surface area contributed by atoms with E-state index in [1.807, 2.05) is 31.3 Å². The number of hydrogen-bond acceptors (Lipinski definition) is 3. The summed E-state index contributed by atoms with van der Waals surface area (Å²) in [5.74, 6) is 0.467. The second-order valence-electron chi connectivity index (χ2n) is 7.40. The van der Waals surface area contributed by atoms with E-state index in [1.54, 1.807) is 4.68 Å². The molecule has 6 heteroatoms. The summed E-state index contributed by atoms with van der Waals surface area (Å²) in [6.45, 7) is 3.91. The van der Waals surface area contributed by atoms with Gasteiger partial charge in [0.25, 0.3) is 5.91 Å². The fourth-order valence-electron chi connectivity index (χ4n) is 3.89. The van der Waals surface area contributed by atoms with E-state index in [1.165, 1.54) is 5.56 Å². The van der Waals surface area contributed by atoms with Gasteiger partial charge in [0.05, 0.1) is 5.52 Å². The van der Waals surface area contributed by atoms with Gasteiger partial charge in [-0.3, -0.25) is 14.4 Å². The van der Waals surface area contributed by atoms with E-state index in [-0.39, 0.29) is 18.3 Å². The quantitative estimate of drug-likeness (QED) is 0.713. The van der Waals surface area contributed by atoms with Crippen molar-refractivity contribution >= 4 is 29.2 Å². The lowest BCUT2D eigenvalue weighted by molar-refractivity contribution is 0.0931. The molecule has 5 nitrogen and oxygen atoms in total. The first-order valence-electron chi connectivity index (χ1n) is 9.67. The second-order valence-corrected chi connectivity index (χ2v) is 7.40. The van der Waals surface area contributed by atoms with E-state index in [4.69, 9.17) is 0 Å². The van der Waals surface area contributed by atoms with Crippen molar-refractivity contribution in [3.05, 3.63) is 65.9 Å². The Labute approximate surface area is 172 Å². The lowest BCUT2D eigenvalue weighted by Gasteiger charge is -2.32. The molecule has 0 bridgehead atoms. The predicted molar refractivity (Wildman–Crippen MR) is 115 cm³/mol. The summed E-state index contributed by atoms with van der Waals surface area (Å²) in [5, 5.41) is 8.43. The maximum absolute atomic E-state index is 12.6. The van der Waals surface area contributed by atoms with Gasteiger partial charge >= 0.3 is 0 Å². The van der Waals surface area contributed by atoms with Crippen molar-refractivity contribution in [3.8, 4) is 0 Å². The Morgan fingerprint density at radius 1 is 1.07 bits per heavy atom. The number of piperidine rings is 1. The molecule has 0 saturated carbocycles. The van der Waals surface area contributed by atoms with Crippen molar-refractivity contribution in [2.24, 2.45) is 13.0 Å². The van der Waals surface area contributed by atoms with Crippen LogP contribution in [-0.2, 0) is 13.6 Å². The largest absolute Gasteiger partial charge is 0.350 e. The number of nitrogens with one attached hydrogen (secondary N) is 1. The van der Waals surface area contributed by atoms with Crippen LogP contribution >= 0.6 is 12.4 Å². The number of aromatic nitrogens is 2. The van der Waals surface area contributed by atoms with Crippen LogP contribution in [0.15, 0.2) is 54.6 Å². The number of benzene rings is 2. The van der Waals surface area contributed by atoms with Gasteiger partial charge in [0.15, 0.2) is 5.69 Å². The average Bonchev–Trinajstić information content (AvgIpc) is 3.05. The van der Waals surface area contributed by atoms with Gasteiger partial charge in [-0.1, -0.05) is 48.5 Å². The molecular formula is C22H27ClN4O. The number of amides is 1. The number of carbonyl (C=O) groups is 1. The minimum absolute atomic E-state index is 0. The third-order valence-electron chi connectivity index (χ3n) is 5.48. The van der Waals surface area contributed by atoms with E-state index in [9.17, 15) is 4.79 Å². The Balaban J connectivity index is 0.00000225. The van der Waals surface area contributed by atoms with Crippen LogP contribution in [0, 0.1) is 5.92 Å². The fraction of sp³-hybridized carbons (Fsp3) is 0.364. The molecule has 0 radical (unpaired) electrons. The van der Waals surface area contributed by atoms with Crippen LogP contribution in [0.4, 0.5) is 0 Å². The molecule has 1 fully saturated rings. The van der Waals surface area contributed by atoms with E-state index >= 15 is 0 Å². The van der Waals surface area contributed by atoms with Crippen LogP contribution < -0.4 is 5.32 Å². The number of carbonyl (C=O) groups excluding carboxylic acids is 1. The summed E-state index contributed by atoms with van der Waals surface area (Å²) in [5.41, 5.74) is 2.87. The first-order chi connectivity index (χ1) is 13.2. The molecule has 1 aromatic heterocycles. The van der Waals surface area contributed by atoms with Gasteiger partial charge in [-0.25, -0.2) is 0 Å². The molecule has 0 spiro atoms. The highest BCUT2D eigenvalue weighted by atomic mass is 35.5. The molecule has 1 amide bonds. The fourth-order valence-corrected chi connectivity index (χ4v) is 3.89. The normalized spacial score (nSPS) is 15.3. The van der Waals surface area contributed by atoms with Crippen molar-refractivity contribution in [1.82, 2.24) is 20.0 Å². The molecule has 28 heavy (non-hydrogen) atoms. The molecule has 0 atom stereocenters. The Morgan fingerprint density at radius 3 is 2.50 bits per heavy atom. The van der Waals surface area contributed by atoms with Gasteiger partial charge < -0.3 is 5.32 Å². The zero-order valence-corrected chi connectivity index (χ0v) is 17.0. The molecule has 0 aliphatic carbocycles. The number of likely N-dealkylation sites (tertiary alicyclic amines) is 1. The molecule has 2 heterocycles. The Morgan fingerprint density at radius 2 is 1.75 bits per heavy atom. The summed E-state index contributed by atoms with van der Waals surface area (Å²) in [4.78, 5) is 15.1. The number of aryl methyl sites for hydroxylation is 1. The third-order valence-corrected chi connectivity index (χ3v) is 5.48. The molecule has 0 unspecified atom stereocenters. The smallest absolute Gasteiger partial charge is 0.272 e. The van der Waals surface area contributed by atoms with Crippen molar-refractivity contribution in [1.29, 1.82) is 0 Å². The Bertz CT molecular complexity index is 917.